The van der Waals surface area contributed by atoms with Crippen LogP contribution in [0.3, 0.4) is 0 Å². The molecule has 0 aromatic heterocycles. The van der Waals surface area contributed by atoms with Crippen LogP contribution in [0.4, 0.5) is 0 Å². The van der Waals surface area contributed by atoms with Crippen LogP contribution in [-0.4, -0.2) is 49.9 Å². The Morgan fingerprint density at radius 3 is 1.15 bits per heavy atom. The van der Waals surface area contributed by atoms with E-state index in [9.17, 15) is 14.3 Å². The Kier molecular flexibility index (Phi) is 44.2. The molecule has 0 bridgehead atoms. The molecule has 330 valence electrons. The number of nitrogens with two attached hydrogens (primary N) is 1. The van der Waals surface area contributed by atoms with E-state index in [1.54, 1.807) is 0 Å². The van der Waals surface area contributed by atoms with Crippen molar-refractivity contribution in [3.05, 3.63) is 0 Å². The van der Waals surface area contributed by atoms with E-state index in [0.717, 1.165) is 32.1 Å². The summed E-state index contributed by atoms with van der Waals surface area (Å²) in [5, 5.41) is 0. The number of carbonyl (C=O) groups is 1. The number of hydrogen-bond acceptors (Lipinski definition) is 7. The van der Waals surface area contributed by atoms with Gasteiger partial charge in [-0.2, -0.15) is 0 Å². The van der Waals surface area contributed by atoms with Crippen LogP contribution in [0.1, 0.15) is 251 Å². The summed E-state index contributed by atoms with van der Waals surface area (Å²) >= 11 is 0. The Balaban J connectivity index is 3.91. The molecule has 55 heavy (non-hydrogen) atoms. The van der Waals surface area contributed by atoms with Gasteiger partial charge in [0.1, 0.15) is 6.10 Å². The number of unbranched alkanes of at least 4 members (excludes halogenated alkanes) is 34. The van der Waals surface area contributed by atoms with Gasteiger partial charge < -0.3 is 20.1 Å². The maximum Gasteiger partial charge on any atom is 0.472 e. The number of phosphoric acid groups is 1. The summed E-state index contributed by atoms with van der Waals surface area (Å²) < 4.78 is 33.5. The number of carbonyl (C=O) groups excluding carboxylic acids is 1. The second-order valence-corrected chi connectivity index (χ2v) is 17.8. The zero-order valence-electron chi connectivity index (χ0n) is 36.7. The van der Waals surface area contributed by atoms with Gasteiger partial charge in [-0.1, -0.05) is 232 Å². The second kappa shape index (κ2) is 44.6. The molecule has 8 nitrogen and oxygen atoms in total. The van der Waals surface area contributed by atoms with Crippen molar-refractivity contribution in [2.75, 3.05) is 33.0 Å². The number of phosphoric ester groups is 1. The first-order valence-corrected chi connectivity index (χ1v) is 25.5. The van der Waals surface area contributed by atoms with Crippen LogP contribution in [0.15, 0.2) is 0 Å². The van der Waals surface area contributed by atoms with E-state index in [0.29, 0.717) is 13.0 Å². The molecule has 0 spiro atoms. The lowest BCUT2D eigenvalue weighted by Gasteiger charge is -2.20. The molecule has 0 radical (unpaired) electrons. The van der Waals surface area contributed by atoms with E-state index in [2.05, 4.69) is 13.8 Å². The predicted octanol–water partition coefficient (Wildman–Crippen LogP) is 14.5. The van der Waals surface area contributed by atoms with Crippen LogP contribution in [0.25, 0.3) is 0 Å². The first-order valence-electron chi connectivity index (χ1n) is 24.0. The summed E-state index contributed by atoms with van der Waals surface area (Å²) in [4.78, 5) is 22.5. The minimum Gasteiger partial charge on any atom is -0.457 e. The van der Waals surface area contributed by atoms with Crippen molar-refractivity contribution in [2.45, 2.75) is 258 Å². The summed E-state index contributed by atoms with van der Waals surface area (Å²) in [6, 6.07) is 0. The number of esters is 1. The van der Waals surface area contributed by atoms with Crippen LogP contribution in [0, 0.1) is 0 Å². The third kappa shape index (κ3) is 44.4. The predicted molar refractivity (Wildman–Crippen MR) is 234 cm³/mol. The number of ether oxygens (including phenoxy) is 2. The smallest absolute Gasteiger partial charge is 0.457 e. The van der Waals surface area contributed by atoms with Crippen molar-refractivity contribution in [1.29, 1.82) is 0 Å². The van der Waals surface area contributed by atoms with Gasteiger partial charge in [0.25, 0.3) is 0 Å². The Morgan fingerprint density at radius 2 is 0.800 bits per heavy atom. The Morgan fingerprint density at radius 1 is 0.473 bits per heavy atom. The highest BCUT2D eigenvalue weighted by molar-refractivity contribution is 7.47. The molecule has 0 rings (SSSR count). The first-order chi connectivity index (χ1) is 26.9. The fourth-order valence-corrected chi connectivity index (χ4v) is 8.00. The molecule has 9 heteroatoms. The van der Waals surface area contributed by atoms with Crippen LogP contribution >= 0.6 is 7.82 Å². The lowest BCUT2D eigenvalue weighted by atomic mass is 10.0. The molecule has 0 aliphatic heterocycles. The normalized spacial score (nSPS) is 13.3. The average molecular weight is 804 g/mol. The molecule has 1 unspecified atom stereocenters. The molecule has 0 aromatic rings. The minimum atomic E-state index is -4.27. The monoisotopic (exact) mass is 804 g/mol. The largest absolute Gasteiger partial charge is 0.472 e. The molecule has 0 heterocycles. The molecule has 0 saturated heterocycles. The molecule has 0 fully saturated rings. The highest BCUT2D eigenvalue weighted by atomic mass is 31.2. The SMILES string of the molecule is CCCCCCCCCCCCCCCCCCCCCCC(=O)O[C@H](COCCCCCCCCCCCCCCCCCC)COP(=O)(O)OCCN. The first kappa shape index (κ1) is 54.5. The van der Waals surface area contributed by atoms with E-state index in [-0.39, 0.29) is 32.3 Å². The van der Waals surface area contributed by atoms with Gasteiger partial charge in [-0.05, 0) is 12.8 Å². The zero-order valence-corrected chi connectivity index (χ0v) is 37.6. The maximum absolute atomic E-state index is 12.6. The summed E-state index contributed by atoms with van der Waals surface area (Å²) in [6.07, 6.45) is 47.0. The van der Waals surface area contributed by atoms with Gasteiger partial charge in [0.15, 0.2) is 0 Å². The molecule has 0 aromatic carbocycles. The zero-order chi connectivity index (χ0) is 40.2. The summed E-state index contributed by atoms with van der Waals surface area (Å²) in [7, 11) is -4.27. The fraction of sp³-hybridized carbons (Fsp3) is 0.978. The topological polar surface area (TPSA) is 117 Å². The van der Waals surface area contributed by atoms with Crippen LogP contribution < -0.4 is 5.73 Å². The van der Waals surface area contributed by atoms with Gasteiger partial charge in [-0.3, -0.25) is 13.8 Å². The Bertz CT molecular complexity index is 817. The van der Waals surface area contributed by atoms with E-state index in [1.165, 1.54) is 199 Å². The lowest BCUT2D eigenvalue weighted by molar-refractivity contribution is -0.154. The number of rotatable bonds is 47. The van der Waals surface area contributed by atoms with Gasteiger partial charge in [0.2, 0.25) is 0 Å². The maximum atomic E-state index is 12.6. The molecule has 2 atom stereocenters. The molecular formula is C46H94NO7P. The van der Waals surface area contributed by atoms with Gasteiger partial charge in [-0.25, -0.2) is 4.57 Å². The van der Waals surface area contributed by atoms with Crippen molar-refractivity contribution in [3.8, 4) is 0 Å². The molecular weight excluding hydrogens is 709 g/mol. The highest BCUT2D eigenvalue weighted by Crippen LogP contribution is 2.43. The minimum absolute atomic E-state index is 0.0899. The average Bonchev–Trinajstić information content (AvgIpc) is 3.17. The van der Waals surface area contributed by atoms with Crippen LogP contribution in [0.5, 0.6) is 0 Å². The molecule has 0 aliphatic carbocycles. The fourth-order valence-electron chi connectivity index (χ4n) is 7.24. The quantitative estimate of drug-likeness (QED) is 0.0355. The Labute approximate surface area is 341 Å². The van der Waals surface area contributed by atoms with E-state index in [4.69, 9.17) is 24.3 Å². The summed E-state index contributed by atoms with van der Waals surface area (Å²) in [5.41, 5.74) is 5.38. The van der Waals surface area contributed by atoms with Crippen LogP contribution in [0.2, 0.25) is 0 Å². The van der Waals surface area contributed by atoms with E-state index < -0.39 is 13.9 Å². The summed E-state index contributed by atoms with van der Waals surface area (Å²) in [5.74, 6) is -0.322. The molecule has 0 amide bonds. The third-order valence-corrected chi connectivity index (χ3v) is 11.8. The molecule has 0 saturated carbocycles. The van der Waals surface area contributed by atoms with Crippen LogP contribution in [-0.2, 0) is 27.9 Å². The molecule has 3 N–H and O–H groups in total. The van der Waals surface area contributed by atoms with Crippen molar-refractivity contribution in [2.24, 2.45) is 5.73 Å². The number of hydrogen-bond donors (Lipinski definition) is 2. The second-order valence-electron chi connectivity index (χ2n) is 16.3. The highest BCUT2D eigenvalue weighted by Gasteiger charge is 2.25. The van der Waals surface area contributed by atoms with Crippen molar-refractivity contribution >= 4 is 13.8 Å². The summed E-state index contributed by atoms with van der Waals surface area (Å²) in [6.45, 7) is 5.00. The van der Waals surface area contributed by atoms with E-state index >= 15 is 0 Å². The van der Waals surface area contributed by atoms with Gasteiger partial charge in [0.05, 0.1) is 19.8 Å². The Hall–Kier alpha value is -0.500. The molecule has 0 aliphatic rings. The lowest BCUT2D eigenvalue weighted by Crippen LogP contribution is -2.28. The van der Waals surface area contributed by atoms with Crippen molar-refractivity contribution in [1.82, 2.24) is 0 Å². The third-order valence-electron chi connectivity index (χ3n) is 10.8. The van der Waals surface area contributed by atoms with Gasteiger partial charge >= 0.3 is 13.8 Å². The van der Waals surface area contributed by atoms with Crippen molar-refractivity contribution in [3.63, 3.8) is 0 Å². The van der Waals surface area contributed by atoms with E-state index in [1.807, 2.05) is 0 Å². The standard InChI is InChI=1S/C46H94NO7P/c1-3-5-7-9-11-13-15-17-19-21-22-23-24-25-27-29-31-33-35-37-39-46(48)54-45(44-53-55(49,50)52-42-40-47)43-51-41-38-36-34-32-30-28-26-20-18-16-14-12-10-8-6-4-2/h45H,3-44,47H2,1-2H3,(H,49,50)/t45-/m1/s1. The van der Waals surface area contributed by atoms with Gasteiger partial charge in [-0.15, -0.1) is 0 Å². The van der Waals surface area contributed by atoms with Gasteiger partial charge in [0, 0.05) is 19.6 Å². The van der Waals surface area contributed by atoms with Crippen molar-refractivity contribution < 1.29 is 32.8 Å².